The van der Waals surface area contributed by atoms with Gasteiger partial charge in [-0.15, -0.1) is 24.8 Å². The van der Waals surface area contributed by atoms with Gasteiger partial charge in [0, 0.05) is 30.9 Å². The van der Waals surface area contributed by atoms with E-state index in [1.165, 1.54) is 0 Å². The number of amides is 1. The van der Waals surface area contributed by atoms with E-state index in [0.29, 0.717) is 6.54 Å². The second-order valence-corrected chi connectivity index (χ2v) is 6.67. The summed E-state index contributed by atoms with van der Waals surface area (Å²) in [6.07, 6.45) is 0. The zero-order chi connectivity index (χ0) is 18.5. The van der Waals surface area contributed by atoms with E-state index in [2.05, 4.69) is 36.6 Å². The van der Waals surface area contributed by atoms with Crippen molar-refractivity contribution >= 4 is 36.4 Å². The molecular weight excluding hydrogens is 397 g/mol. The average Bonchev–Trinajstić information content (AvgIpc) is 2.67. The lowest BCUT2D eigenvalue weighted by molar-refractivity contribution is -0.132. The van der Waals surface area contributed by atoms with E-state index in [9.17, 15) is 4.79 Å². The molecule has 1 amide bonds. The predicted octanol–water partition coefficient (Wildman–Crippen LogP) is 3.74. The standard InChI is InChI=1S/C21H27N3O2.2ClH/c1-15-7-6-8-16(2)21(15)23-14-20(25)24-12-11-22-13-18(24)17-9-4-5-10-19(17)26-3;;/h4-10,18,22-23H,11-14H2,1-3H3;2*1H. The second kappa shape index (κ2) is 11.1. The highest BCUT2D eigenvalue weighted by atomic mass is 35.5. The van der Waals surface area contributed by atoms with Crippen LogP contribution in [-0.4, -0.2) is 44.1 Å². The van der Waals surface area contributed by atoms with E-state index < -0.39 is 0 Å². The molecule has 1 fully saturated rings. The maximum atomic E-state index is 13.0. The Labute approximate surface area is 179 Å². The van der Waals surface area contributed by atoms with Crippen molar-refractivity contribution in [2.75, 3.05) is 38.6 Å². The van der Waals surface area contributed by atoms with Gasteiger partial charge in [0.2, 0.25) is 5.91 Å². The van der Waals surface area contributed by atoms with Crippen molar-refractivity contribution < 1.29 is 9.53 Å². The summed E-state index contributed by atoms with van der Waals surface area (Å²) in [4.78, 5) is 14.9. The zero-order valence-corrected chi connectivity index (χ0v) is 18.2. The van der Waals surface area contributed by atoms with E-state index in [1.807, 2.05) is 35.2 Å². The molecule has 1 atom stereocenters. The lowest BCUT2D eigenvalue weighted by Crippen LogP contribution is -2.50. The smallest absolute Gasteiger partial charge is 0.242 e. The third-order valence-electron chi connectivity index (χ3n) is 4.96. The SMILES string of the molecule is COc1ccccc1C1CNCCN1C(=O)CNc1c(C)cccc1C.Cl.Cl. The summed E-state index contributed by atoms with van der Waals surface area (Å²) in [6.45, 7) is 6.63. The molecule has 7 heteroatoms. The molecule has 1 heterocycles. The number of nitrogens with zero attached hydrogens (tertiary/aromatic N) is 1. The van der Waals surface area contributed by atoms with Crippen LogP contribution in [0.3, 0.4) is 0 Å². The molecule has 1 saturated heterocycles. The molecule has 28 heavy (non-hydrogen) atoms. The van der Waals surface area contributed by atoms with Crippen LogP contribution >= 0.6 is 24.8 Å². The largest absolute Gasteiger partial charge is 0.496 e. The average molecular weight is 426 g/mol. The molecule has 2 aromatic carbocycles. The Hall–Kier alpha value is -1.95. The number of ether oxygens (including phenoxy) is 1. The fourth-order valence-electron chi connectivity index (χ4n) is 3.58. The number of methoxy groups -OCH3 is 1. The molecule has 0 aliphatic carbocycles. The molecule has 154 valence electrons. The van der Waals surface area contributed by atoms with Gasteiger partial charge < -0.3 is 20.3 Å². The Morgan fingerprint density at radius 2 is 1.82 bits per heavy atom. The molecule has 0 radical (unpaired) electrons. The summed E-state index contributed by atoms with van der Waals surface area (Å²) >= 11 is 0. The molecule has 1 unspecified atom stereocenters. The lowest BCUT2D eigenvalue weighted by Gasteiger charge is -2.37. The van der Waals surface area contributed by atoms with Crippen LogP contribution in [0.15, 0.2) is 42.5 Å². The van der Waals surface area contributed by atoms with Crippen molar-refractivity contribution in [3.05, 3.63) is 59.2 Å². The molecule has 2 aromatic rings. The summed E-state index contributed by atoms with van der Waals surface area (Å²) in [5.41, 5.74) is 4.39. The Bertz CT molecular complexity index is 766. The maximum absolute atomic E-state index is 13.0. The van der Waals surface area contributed by atoms with Crippen molar-refractivity contribution in [1.82, 2.24) is 10.2 Å². The number of hydrogen-bond donors (Lipinski definition) is 2. The third-order valence-corrected chi connectivity index (χ3v) is 4.96. The molecule has 0 bridgehead atoms. The quantitative estimate of drug-likeness (QED) is 0.765. The first kappa shape index (κ1) is 24.1. The second-order valence-electron chi connectivity index (χ2n) is 6.67. The van der Waals surface area contributed by atoms with Crippen molar-refractivity contribution in [3.63, 3.8) is 0 Å². The summed E-state index contributed by atoms with van der Waals surface area (Å²) in [5, 5.41) is 6.73. The number of rotatable bonds is 5. The van der Waals surface area contributed by atoms with Crippen LogP contribution in [0.25, 0.3) is 0 Å². The van der Waals surface area contributed by atoms with Gasteiger partial charge in [0.25, 0.3) is 0 Å². The number of anilines is 1. The molecule has 0 saturated carbocycles. The van der Waals surface area contributed by atoms with Gasteiger partial charge in [-0.2, -0.15) is 0 Å². The van der Waals surface area contributed by atoms with Gasteiger partial charge in [0.05, 0.1) is 19.7 Å². The summed E-state index contributed by atoms with van der Waals surface area (Å²) in [7, 11) is 1.67. The van der Waals surface area contributed by atoms with Crippen molar-refractivity contribution in [1.29, 1.82) is 0 Å². The molecule has 1 aliphatic heterocycles. The molecule has 0 spiro atoms. The Balaban J connectivity index is 0.00000196. The molecule has 2 N–H and O–H groups in total. The zero-order valence-electron chi connectivity index (χ0n) is 16.5. The number of carbonyl (C=O) groups excluding carboxylic acids is 1. The predicted molar refractivity (Wildman–Crippen MR) is 119 cm³/mol. The van der Waals surface area contributed by atoms with Gasteiger partial charge in [-0.1, -0.05) is 36.4 Å². The maximum Gasteiger partial charge on any atom is 0.242 e. The van der Waals surface area contributed by atoms with Gasteiger partial charge in [-0.3, -0.25) is 4.79 Å². The molecule has 1 aliphatic rings. The monoisotopic (exact) mass is 425 g/mol. The molecular formula is C21H29Cl2N3O2. The highest BCUT2D eigenvalue weighted by molar-refractivity contribution is 5.85. The van der Waals surface area contributed by atoms with Gasteiger partial charge in [-0.05, 0) is 31.0 Å². The first-order valence-electron chi connectivity index (χ1n) is 9.05. The number of halogens is 2. The first-order valence-corrected chi connectivity index (χ1v) is 9.05. The number of para-hydroxylation sites is 2. The minimum absolute atomic E-state index is 0. The van der Waals surface area contributed by atoms with E-state index in [4.69, 9.17) is 4.74 Å². The number of piperazine rings is 1. The van der Waals surface area contributed by atoms with Crippen LogP contribution in [0.2, 0.25) is 0 Å². The molecule has 0 aromatic heterocycles. The molecule has 5 nitrogen and oxygen atoms in total. The number of benzene rings is 2. The summed E-state index contributed by atoms with van der Waals surface area (Å²) in [5.74, 6) is 0.923. The van der Waals surface area contributed by atoms with Crippen molar-refractivity contribution in [2.45, 2.75) is 19.9 Å². The third kappa shape index (κ3) is 5.31. The van der Waals surface area contributed by atoms with Gasteiger partial charge in [-0.25, -0.2) is 0 Å². The van der Waals surface area contributed by atoms with Crippen molar-refractivity contribution in [2.24, 2.45) is 0 Å². The number of aryl methyl sites for hydroxylation is 2. The topological polar surface area (TPSA) is 53.6 Å². The minimum atomic E-state index is -0.0211. The highest BCUT2D eigenvalue weighted by Crippen LogP contribution is 2.30. The fraction of sp³-hybridized carbons (Fsp3) is 0.381. The fourth-order valence-corrected chi connectivity index (χ4v) is 3.58. The van der Waals surface area contributed by atoms with E-state index >= 15 is 0 Å². The summed E-state index contributed by atoms with van der Waals surface area (Å²) < 4.78 is 5.51. The number of carbonyl (C=O) groups is 1. The number of hydrogen-bond acceptors (Lipinski definition) is 4. The van der Waals surface area contributed by atoms with Crippen LogP contribution in [0.1, 0.15) is 22.7 Å². The van der Waals surface area contributed by atoms with Crippen LogP contribution in [0, 0.1) is 13.8 Å². The van der Waals surface area contributed by atoms with Gasteiger partial charge in [0.15, 0.2) is 0 Å². The van der Waals surface area contributed by atoms with E-state index in [0.717, 1.165) is 41.2 Å². The first-order chi connectivity index (χ1) is 12.6. The van der Waals surface area contributed by atoms with Gasteiger partial charge >= 0.3 is 0 Å². The lowest BCUT2D eigenvalue weighted by atomic mass is 10.0. The van der Waals surface area contributed by atoms with Crippen LogP contribution in [0.5, 0.6) is 5.75 Å². The van der Waals surface area contributed by atoms with E-state index in [-0.39, 0.29) is 43.3 Å². The Kier molecular flexibility index (Phi) is 9.59. The highest BCUT2D eigenvalue weighted by Gasteiger charge is 2.29. The normalized spacial score (nSPS) is 15.8. The van der Waals surface area contributed by atoms with Crippen LogP contribution in [-0.2, 0) is 4.79 Å². The summed E-state index contributed by atoms with van der Waals surface area (Å²) in [6, 6.07) is 14.1. The number of nitrogens with one attached hydrogen (secondary N) is 2. The van der Waals surface area contributed by atoms with Crippen LogP contribution < -0.4 is 15.4 Å². The minimum Gasteiger partial charge on any atom is -0.496 e. The van der Waals surface area contributed by atoms with Crippen molar-refractivity contribution in [3.8, 4) is 5.75 Å². The van der Waals surface area contributed by atoms with Gasteiger partial charge in [0.1, 0.15) is 5.75 Å². The Morgan fingerprint density at radius 1 is 1.14 bits per heavy atom. The van der Waals surface area contributed by atoms with Crippen LogP contribution in [0.4, 0.5) is 5.69 Å². The Morgan fingerprint density at radius 3 is 2.50 bits per heavy atom. The molecule has 3 rings (SSSR count). The van der Waals surface area contributed by atoms with E-state index in [1.54, 1.807) is 7.11 Å².